The molecular weight excluding hydrogens is 277 g/mol. The molecule has 0 aromatic carbocycles. The topological polar surface area (TPSA) is 58.6 Å². The van der Waals surface area contributed by atoms with Gasteiger partial charge in [0.2, 0.25) is 5.91 Å². The molecule has 0 aromatic heterocycles. The summed E-state index contributed by atoms with van der Waals surface area (Å²) in [5.74, 6) is -0.653. The molecule has 0 spiro atoms. The van der Waals surface area contributed by atoms with Crippen LogP contribution in [0.1, 0.15) is 34.1 Å². The highest BCUT2D eigenvalue weighted by Crippen LogP contribution is 2.16. The van der Waals surface area contributed by atoms with Crippen molar-refractivity contribution in [2.24, 2.45) is 0 Å². The summed E-state index contributed by atoms with van der Waals surface area (Å²) < 4.78 is 41.6. The number of rotatable bonds is 5. The highest BCUT2D eigenvalue weighted by atomic mass is 19.4. The Bertz CT molecular complexity index is 338. The molecule has 0 fully saturated rings. The summed E-state index contributed by atoms with van der Waals surface area (Å²) in [6.07, 6.45) is -4.85. The molecule has 0 rings (SSSR count). The van der Waals surface area contributed by atoms with E-state index in [9.17, 15) is 22.8 Å². The summed E-state index contributed by atoms with van der Waals surface area (Å²) in [6.45, 7) is 4.96. The SMILES string of the molecule is CC(=O)N(CCCNC(=O)OC(C)(C)C)CC(F)(F)F. The van der Waals surface area contributed by atoms with Crippen molar-refractivity contribution in [2.45, 2.75) is 45.9 Å². The highest BCUT2D eigenvalue weighted by molar-refractivity contribution is 5.73. The third-order valence-electron chi connectivity index (χ3n) is 2.09. The van der Waals surface area contributed by atoms with Crippen molar-refractivity contribution in [3.8, 4) is 0 Å². The van der Waals surface area contributed by atoms with Gasteiger partial charge in [0.05, 0.1) is 0 Å². The Morgan fingerprint density at radius 3 is 2.15 bits per heavy atom. The second-order valence-corrected chi connectivity index (χ2v) is 5.34. The quantitative estimate of drug-likeness (QED) is 0.792. The lowest BCUT2D eigenvalue weighted by Crippen LogP contribution is -2.39. The molecule has 0 atom stereocenters. The van der Waals surface area contributed by atoms with Crippen molar-refractivity contribution in [1.29, 1.82) is 0 Å². The maximum atomic E-state index is 12.2. The van der Waals surface area contributed by atoms with Crippen LogP contribution in [-0.2, 0) is 9.53 Å². The van der Waals surface area contributed by atoms with Crippen LogP contribution in [0.2, 0.25) is 0 Å². The predicted molar refractivity (Wildman–Crippen MR) is 67.2 cm³/mol. The largest absolute Gasteiger partial charge is 0.444 e. The lowest BCUT2D eigenvalue weighted by molar-refractivity contribution is -0.159. The van der Waals surface area contributed by atoms with Crippen LogP contribution in [0.3, 0.4) is 0 Å². The van der Waals surface area contributed by atoms with Crippen molar-refractivity contribution >= 4 is 12.0 Å². The third-order valence-corrected chi connectivity index (χ3v) is 2.09. The van der Waals surface area contributed by atoms with Gasteiger partial charge in [-0.1, -0.05) is 0 Å². The molecule has 0 heterocycles. The van der Waals surface area contributed by atoms with E-state index in [1.165, 1.54) is 0 Å². The van der Waals surface area contributed by atoms with E-state index in [-0.39, 0.29) is 19.5 Å². The lowest BCUT2D eigenvalue weighted by atomic mass is 10.2. The smallest absolute Gasteiger partial charge is 0.407 e. The van der Waals surface area contributed by atoms with Crippen LogP contribution in [0.4, 0.5) is 18.0 Å². The summed E-state index contributed by atoms with van der Waals surface area (Å²) in [6, 6.07) is 0. The van der Waals surface area contributed by atoms with Gasteiger partial charge in [-0.05, 0) is 27.2 Å². The Kier molecular flexibility index (Phi) is 6.81. The van der Waals surface area contributed by atoms with Crippen LogP contribution in [0.25, 0.3) is 0 Å². The predicted octanol–water partition coefficient (Wildman–Crippen LogP) is 2.31. The number of nitrogens with one attached hydrogen (secondary N) is 1. The summed E-state index contributed by atoms with van der Waals surface area (Å²) >= 11 is 0. The minimum atomic E-state index is -4.43. The number of hydrogen-bond donors (Lipinski definition) is 1. The first-order chi connectivity index (χ1) is 8.91. The molecule has 1 N–H and O–H groups in total. The molecule has 0 aliphatic rings. The van der Waals surface area contributed by atoms with Crippen LogP contribution >= 0.6 is 0 Å². The average molecular weight is 298 g/mol. The molecule has 8 heteroatoms. The molecule has 0 aliphatic carbocycles. The van der Waals surface area contributed by atoms with Crippen LogP contribution in [0.5, 0.6) is 0 Å². The van der Waals surface area contributed by atoms with Gasteiger partial charge in [0.15, 0.2) is 0 Å². The molecule has 0 aromatic rings. The molecule has 5 nitrogen and oxygen atoms in total. The molecule has 2 amide bonds. The van der Waals surface area contributed by atoms with Gasteiger partial charge in [-0.3, -0.25) is 4.79 Å². The molecule has 0 saturated heterocycles. The minimum Gasteiger partial charge on any atom is -0.444 e. The molecular formula is C12H21F3N2O3. The minimum absolute atomic E-state index is 0.0787. The molecule has 20 heavy (non-hydrogen) atoms. The van der Waals surface area contributed by atoms with Gasteiger partial charge in [0.1, 0.15) is 12.1 Å². The summed E-state index contributed by atoms with van der Waals surface area (Å²) in [7, 11) is 0. The number of halogens is 3. The van der Waals surface area contributed by atoms with Crippen LogP contribution in [-0.4, -0.2) is 48.3 Å². The number of carbonyl (C=O) groups is 2. The fourth-order valence-electron chi connectivity index (χ4n) is 1.34. The summed E-state index contributed by atoms with van der Waals surface area (Å²) in [5, 5.41) is 2.42. The van der Waals surface area contributed by atoms with E-state index in [1.54, 1.807) is 20.8 Å². The van der Waals surface area contributed by atoms with E-state index in [2.05, 4.69) is 5.32 Å². The first-order valence-corrected chi connectivity index (χ1v) is 6.20. The van der Waals surface area contributed by atoms with E-state index in [0.29, 0.717) is 4.90 Å². The highest BCUT2D eigenvalue weighted by Gasteiger charge is 2.31. The van der Waals surface area contributed by atoms with Crippen LogP contribution in [0.15, 0.2) is 0 Å². The fourth-order valence-corrected chi connectivity index (χ4v) is 1.34. The Morgan fingerprint density at radius 1 is 1.20 bits per heavy atom. The lowest BCUT2D eigenvalue weighted by Gasteiger charge is -2.23. The molecule has 0 radical (unpaired) electrons. The Labute approximate surface area is 116 Å². The standard InChI is InChI=1S/C12H21F3N2O3/c1-9(18)17(8-12(13,14)15)7-5-6-16-10(19)20-11(2,3)4/h5-8H2,1-4H3,(H,16,19). The van der Waals surface area contributed by atoms with Gasteiger partial charge in [-0.15, -0.1) is 0 Å². The fraction of sp³-hybridized carbons (Fsp3) is 0.833. The summed E-state index contributed by atoms with van der Waals surface area (Å²) in [5.41, 5.74) is -0.633. The van der Waals surface area contributed by atoms with Gasteiger partial charge >= 0.3 is 12.3 Å². The Morgan fingerprint density at radius 2 is 1.75 bits per heavy atom. The number of carbonyl (C=O) groups excluding carboxylic acids is 2. The maximum absolute atomic E-state index is 12.2. The van der Waals surface area contributed by atoms with Crippen LogP contribution < -0.4 is 5.32 Å². The number of alkyl carbamates (subject to hydrolysis) is 1. The van der Waals surface area contributed by atoms with E-state index in [0.717, 1.165) is 6.92 Å². The van der Waals surface area contributed by atoms with Gasteiger partial charge in [-0.25, -0.2) is 4.79 Å². The number of amides is 2. The normalized spacial score (nSPS) is 11.9. The molecule has 118 valence electrons. The maximum Gasteiger partial charge on any atom is 0.407 e. The molecule has 0 bridgehead atoms. The zero-order chi connectivity index (χ0) is 16.0. The van der Waals surface area contributed by atoms with Crippen molar-refractivity contribution in [3.63, 3.8) is 0 Å². The number of hydrogen-bond acceptors (Lipinski definition) is 3. The van der Waals surface area contributed by atoms with Crippen molar-refractivity contribution < 1.29 is 27.5 Å². The van der Waals surface area contributed by atoms with Gasteiger partial charge < -0.3 is 15.0 Å². The van der Waals surface area contributed by atoms with Crippen LogP contribution in [0, 0.1) is 0 Å². The van der Waals surface area contributed by atoms with Gasteiger partial charge in [-0.2, -0.15) is 13.2 Å². The molecule has 0 saturated carbocycles. The van der Waals surface area contributed by atoms with E-state index >= 15 is 0 Å². The average Bonchev–Trinajstić information content (AvgIpc) is 2.17. The Balaban J connectivity index is 4.02. The van der Waals surface area contributed by atoms with E-state index < -0.39 is 30.3 Å². The molecule has 0 unspecified atom stereocenters. The zero-order valence-electron chi connectivity index (χ0n) is 12.1. The first kappa shape index (κ1) is 18.5. The van der Waals surface area contributed by atoms with Gasteiger partial charge in [0, 0.05) is 20.0 Å². The van der Waals surface area contributed by atoms with Crippen molar-refractivity contribution in [1.82, 2.24) is 10.2 Å². The van der Waals surface area contributed by atoms with E-state index in [4.69, 9.17) is 4.74 Å². The van der Waals surface area contributed by atoms with E-state index in [1.807, 2.05) is 0 Å². The second kappa shape index (κ2) is 7.35. The zero-order valence-corrected chi connectivity index (χ0v) is 12.1. The number of alkyl halides is 3. The number of nitrogens with zero attached hydrogens (tertiary/aromatic N) is 1. The third kappa shape index (κ3) is 10.5. The monoisotopic (exact) mass is 298 g/mol. The Hall–Kier alpha value is -1.47. The number of ether oxygens (including phenoxy) is 1. The van der Waals surface area contributed by atoms with Crippen molar-refractivity contribution in [2.75, 3.05) is 19.6 Å². The first-order valence-electron chi connectivity index (χ1n) is 6.20. The van der Waals surface area contributed by atoms with Crippen molar-refractivity contribution in [3.05, 3.63) is 0 Å². The second-order valence-electron chi connectivity index (χ2n) is 5.34. The molecule has 0 aliphatic heterocycles. The summed E-state index contributed by atoms with van der Waals surface area (Å²) in [4.78, 5) is 23.0. The van der Waals surface area contributed by atoms with Gasteiger partial charge in [0.25, 0.3) is 0 Å².